The topological polar surface area (TPSA) is 20.2 Å². The van der Waals surface area contributed by atoms with Gasteiger partial charge in [-0.15, -0.1) is 0 Å². The molecule has 1 nitrogen and oxygen atoms in total. The van der Waals surface area contributed by atoms with E-state index in [4.69, 9.17) is 11.6 Å². The van der Waals surface area contributed by atoms with Crippen LogP contribution in [0.4, 0.5) is 0 Å². The Morgan fingerprint density at radius 3 is 2.33 bits per heavy atom. The number of halogens is 1. The molecule has 0 amide bonds. The summed E-state index contributed by atoms with van der Waals surface area (Å²) >= 11 is 5.92. The minimum Gasteiger partial charge on any atom is -0.388 e. The highest BCUT2D eigenvalue weighted by atomic mass is 35.5. The third-order valence-corrected chi connectivity index (χ3v) is 3.33. The fourth-order valence-electron chi connectivity index (χ4n) is 1.97. The maximum absolute atomic E-state index is 10.2. The van der Waals surface area contributed by atoms with Gasteiger partial charge in [-0.25, -0.2) is 0 Å². The Balaban J connectivity index is 2.08. The highest BCUT2D eigenvalue weighted by Gasteiger charge is 2.08. The minimum atomic E-state index is -0.504. The summed E-state index contributed by atoms with van der Waals surface area (Å²) in [6, 6.07) is 15.8. The van der Waals surface area contributed by atoms with Crippen molar-refractivity contribution in [1.82, 2.24) is 0 Å². The lowest BCUT2D eigenvalue weighted by atomic mass is 10.0. The molecule has 0 aliphatic rings. The average molecular weight is 261 g/mol. The minimum absolute atomic E-state index is 0.504. The number of hydrogen-bond donors (Lipinski definition) is 1. The molecule has 0 radical (unpaired) electrons. The van der Waals surface area contributed by atoms with Crippen molar-refractivity contribution < 1.29 is 5.11 Å². The molecule has 0 aliphatic carbocycles. The van der Waals surface area contributed by atoms with E-state index in [0.717, 1.165) is 17.5 Å². The van der Waals surface area contributed by atoms with E-state index in [1.807, 2.05) is 24.3 Å². The maximum atomic E-state index is 10.2. The predicted molar refractivity (Wildman–Crippen MR) is 75.9 cm³/mol. The Kier molecular flexibility index (Phi) is 4.40. The van der Waals surface area contributed by atoms with Gasteiger partial charge in [0.25, 0.3) is 0 Å². The van der Waals surface area contributed by atoms with Crippen molar-refractivity contribution >= 4 is 11.6 Å². The molecule has 0 heterocycles. The summed E-state index contributed by atoms with van der Waals surface area (Å²) < 4.78 is 0. The van der Waals surface area contributed by atoms with Crippen LogP contribution in [0.2, 0.25) is 5.02 Å². The van der Waals surface area contributed by atoms with Gasteiger partial charge in [-0.3, -0.25) is 0 Å². The first kappa shape index (κ1) is 13.1. The number of aryl methyl sites for hydroxylation is 1. The third kappa shape index (κ3) is 3.34. The molecule has 2 aromatic carbocycles. The fraction of sp³-hybridized carbons (Fsp3) is 0.250. The lowest BCUT2D eigenvalue weighted by Gasteiger charge is -2.11. The van der Waals surface area contributed by atoms with Crippen LogP contribution >= 0.6 is 11.6 Å². The summed E-state index contributed by atoms with van der Waals surface area (Å²) in [4.78, 5) is 0. The molecule has 94 valence electrons. The van der Waals surface area contributed by atoms with Crippen LogP contribution < -0.4 is 0 Å². The second kappa shape index (κ2) is 6.03. The number of aliphatic hydroxyl groups is 1. The van der Waals surface area contributed by atoms with Gasteiger partial charge in [0.2, 0.25) is 0 Å². The van der Waals surface area contributed by atoms with Gasteiger partial charge >= 0.3 is 0 Å². The summed E-state index contributed by atoms with van der Waals surface area (Å²) in [7, 11) is 0. The lowest BCUT2D eigenvalue weighted by molar-refractivity contribution is 0.178. The maximum Gasteiger partial charge on any atom is 0.0830 e. The first-order valence-electron chi connectivity index (χ1n) is 6.20. The van der Waals surface area contributed by atoms with Crippen molar-refractivity contribution in [2.24, 2.45) is 0 Å². The van der Waals surface area contributed by atoms with Crippen molar-refractivity contribution in [3.05, 3.63) is 70.2 Å². The van der Waals surface area contributed by atoms with Gasteiger partial charge in [0, 0.05) is 11.4 Å². The molecular formula is C16H17ClO. The summed E-state index contributed by atoms with van der Waals surface area (Å²) in [6.45, 7) is 2.13. The SMILES string of the molecule is CCc1ccc(CC(O)c2cccc(Cl)c2)cc1. The molecule has 2 aromatic rings. The summed E-state index contributed by atoms with van der Waals surface area (Å²) in [5, 5.41) is 10.8. The molecule has 0 aliphatic heterocycles. The van der Waals surface area contributed by atoms with Crippen LogP contribution in [0.25, 0.3) is 0 Å². The molecule has 0 saturated carbocycles. The Labute approximate surface area is 113 Å². The van der Waals surface area contributed by atoms with Crippen LogP contribution in [0.5, 0.6) is 0 Å². The van der Waals surface area contributed by atoms with Gasteiger partial charge in [-0.2, -0.15) is 0 Å². The van der Waals surface area contributed by atoms with Crippen LogP contribution in [0.3, 0.4) is 0 Å². The van der Waals surface area contributed by atoms with Crippen LogP contribution in [0.1, 0.15) is 29.7 Å². The van der Waals surface area contributed by atoms with E-state index in [1.165, 1.54) is 5.56 Å². The molecule has 0 aromatic heterocycles. The molecule has 2 heteroatoms. The van der Waals surface area contributed by atoms with E-state index < -0.39 is 6.10 Å². The van der Waals surface area contributed by atoms with Gasteiger partial charge in [-0.05, 0) is 35.2 Å². The van der Waals surface area contributed by atoms with Gasteiger partial charge in [0.15, 0.2) is 0 Å². The van der Waals surface area contributed by atoms with E-state index in [-0.39, 0.29) is 0 Å². The van der Waals surface area contributed by atoms with E-state index >= 15 is 0 Å². The number of rotatable bonds is 4. The Morgan fingerprint density at radius 2 is 1.72 bits per heavy atom. The zero-order valence-corrected chi connectivity index (χ0v) is 11.2. The van der Waals surface area contributed by atoms with E-state index in [9.17, 15) is 5.11 Å². The molecule has 0 saturated heterocycles. The van der Waals surface area contributed by atoms with Crippen molar-refractivity contribution in [2.45, 2.75) is 25.9 Å². The van der Waals surface area contributed by atoms with Crippen molar-refractivity contribution in [2.75, 3.05) is 0 Å². The number of benzene rings is 2. The molecule has 2 rings (SSSR count). The number of hydrogen-bond acceptors (Lipinski definition) is 1. The molecule has 18 heavy (non-hydrogen) atoms. The van der Waals surface area contributed by atoms with Crippen LogP contribution in [0.15, 0.2) is 48.5 Å². The van der Waals surface area contributed by atoms with E-state index in [0.29, 0.717) is 11.4 Å². The van der Waals surface area contributed by atoms with E-state index in [1.54, 1.807) is 0 Å². The zero-order chi connectivity index (χ0) is 13.0. The molecular weight excluding hydrogens is 244 g/mol. The molecule has 1 N–H and O–H groups in total. The van der Waals surface area contributed by atoms with Crippen LogP contribution in [-0.4, -0.2) is 5.11 Å². The van der Waals surface area contributed by atoms with Crippen LogP contribution in [0, 0.1) is 0 Å². The summed E-state index contributed by atoms with van der Waals surface area (Å²) in [6.07, 6.45) is 1.15. The van der Waals surface area contributed by atoms with E-state index in [2.05, 4.69) is 31.2 Å². The second-order valence-electron chi connectivity index (χ2n) is 4.44. The lowest BCUT2D eigenvalue weighted by Crippen LogP contribution is -2.01. The Morgan fingerprint density at radius 1 is 1.06 bits per heavy atom. The van der Waals surface area contributed by atoms with Crippen molar-refractivity contribution in [3.63, 3.8) is 0 Å². The largest absolute Gasteiger partial charge is 0.388 e. The molecule has 0 bridgehead atoms. The van der Waals surface area contributed by atoms with Crippen LogP contribution in [-0.2, 0) is 12.8 Å². The Bertz CT molecular complexity index is 505. The monoisotopic (exact) mass is 260 g/mol. The molecule has 1 unspecified atom stereocenters. The first-order chi connectivity index (χ1) is 8.69. The normalized spacial score (nSPS) is 12.4. The standard InChI is InChI=1S/C16H17ClO/c1-2-12-6-8-13(9-7-12)10-16(18)14-4-3-5-15(17)11-14/h3-9,11,16,18H,2,10H2,1H3. The van der Waals surface area contributed by atoms with Crippen molar-refractivity contribution in [3.8, 4) is 0 Å². The predicted octanol–water partition coefficient (Wildman–Crippen LogP) is 4.18. The van der Waals surface area contributed by atoms with Gasteiger partial charge < -0.3 is 5.11 Å². The first-order valence-corrected chi connectivity index (χ1v) is 6.58. The summed E-state index contributed by atoms with van der Waals surface area (Å²) in [5.41, 5.74) is 3.32. The summed E-state index contributed by atoms with van der Waals surface area (Å²) in [5.74, 6) is 0. The fourth-order valence-corrected chi connectivity index (χ4v) is 2.16. The van der Waals surface area contributed by atoms with Gasteiger partial charge in [-0.1, -0.05) is 54.9 Å². The Hall–Kier alpha value is -1.31. The smallest absolute Gasteiger partial charge is 0.0830 e. The third-order valence-electron chi connectivity index (χ3n) is 3.09. The average Bonchev–Trinajstić information content (AvgIpc) is 2.39. The molecule has 0 fully saturated rings. The quantitative estimate of drug-likeness (QED) is 0.874. The highest BCUT2D eigenvalue weighted by Crippen LogP contribution is 2.21. The molecule has 0 spiro atoms. The number of aliphatic hydroxyl groups excluding tert-OH is 1. The van der Waals surface area contributed by atoms with Gasteiger partial charge in [0.1, 0.15) is 0 Å². The molecule has 1 atom stereocenters. The zero-order valence-electron chi connectivity index (χ0n) is 10.4. The van der Waals surface area contributed by atoms with Gasteiger partial charge in [0.05, 0.1) is 6.10 Å². The second-order valence-corrected chi connectivity index (χ2v) is 4.88. The highest BCUT2D eigenvalue weighted by molar-refractivity contribution is 6.30. The van der Waals surface area contributed by atoms with Crippen molar-refractivity contribution in [1.29, 1.82) is 0 Å².